The van der Waals surface area contributed by atoms with Crippen molar-refractivity contribution in [3.8, 4) is 0 Å². The third-order valence-corrected chi connectivity index (χ3v) is 4.01. The van der Waals surface area contributed by atoms with Crippen LogP contribution in [0, 0.1) is 0 Å². The predicted molar refractivity (Wildman–Crippen MR) is 83.9 cm³/mol. The summed E-state index contributed by atoms with van der Waals surface area (Å²) in [4.78, 5) is 4.48. The molecule has 1 aromatic carbocycles. The Balaban J connectivity index is 1.49. The number of benzene rings is 1. The number of nitrogens with zero attached hydrogens (tertiary/aromatic N) is 1. The third-order valence-electron chi connectivity index (χ3n) is 2.97. The standard InChI is InChI=1S/C16H22N2OS/c1-2-16-18-15(13-20-16)12-19-10-6-9-17-11-14-7-4-3-5-8-14/h3-5,7-8,13,17H,2,6,9-12H2,1H3. The second-order valence-electron chi connectivity index (χ2n) is 4.65. The second-order valence-corrected chi connectivity index (χ2v) is 5.60. The van der Waals surface area contributed by atoms with E-state index in [1.54, 1.807) is 11.3 Å². The summed E-state index contributed by atoms with van der Waals surface area (Å²) in [5.41, 5.74) is 2.38. The Morgan fingerprint density at radius 1 is 1.25 bits per heavy atom. The maximum Gasteiger partial charge on any atom is 0.0926 e. The highest BCUT2D eigenvalue weighted by Gasteiger charge is 2.00. The molecular formula is C16H22N2OS. The van der Waals surface area contributed by atoms with Crippen molar-refractivity contribution in [2.24, 2.45) is 0 Å². The summed E-state index contributed by atoms with van der Waals surface area (Å²) in [5.74, 6) is 0. The van der Waals surface area contributed by atoms with Crippen LogP contribution in [0.2, 0.25) is 0 Å². The zero-order valence-corrected chi connectivity index (χ0v) is 12.8. The summed E-state index contributed by atoms with van der Waals surface area (Å²) in [6, 6.07) is 10.4. The molecule has 0 fully saturated rings. The van der Waals surface area contributed by atoms with Gasteiger partial charge in [0, 0.05) is 18.5 Å². The second kappa shape index (κ2) is 8.84. The molecule has 0 aliphatic heterocycles. The lowest BCUT2D eigenvalue weighted by molar-refractivity contribution is 0.116. The van der Waals surface area contributed by atoms with E-state index in [0.29, 0.717) is 6.61 Å². The van der Waals surface area contributed by atoms with Crippen LogP contribution in [-0.2, 0) is 24.3 Å². The third kappa shape index (κ3) is 5.41. The topological polar surface area (TPSA) is 34.1 Å². The summed E-state index contributed by atoms with van der Waals surface area (Å²) in [6.45, 7) is 5.44. The molecule has 0 aliphatic rings. The minimum absolute atomic E-state index is 0.634. The molecular weight excluding hydrogens is 268 g/mol. The number of nitrogens with one attached hydrogen (secondary N) is 1. The molecule has 0 spiro atoms. The van der Waals surface area contributed by atoms with Crippen molar-refractivity contribution in [1.29, 1.82) is 0 Å². The largest absolute Gasteiger partial charge is 0.375 e. The van der Waals surface area contributed by atoms with Crippen LogP contribution in [0.1, 0.15) is 29.6 Å². The van der Waals surface area contributed by atoms with Gasteiger partial charge in [-0.25, -0.2) is 4.98 Å². The van der Waals surface area contributed by atoms with Crippen molar-refractivity contribution in [3.05, 3.63) is 52.0 Å². The van der Waals surface area contributed by atoms with Gasteiger partial charge >= 0.3 is 0 Å². The van der Waals surface area contributed by atoms with E-state index in [9.17, 15) is 0 Å². The summed E-state index contributed by atoms with van der Waals surface area (Å²) in [6.07, 6.45) is 2.03. The van der Waals surface area contributed by atoms with Crippen LogP contribution in [0.3, 0.4) is 0 Å². The Bertz CT molecular complexity index is 484. The van der Waals surface area contributed by atoms with Crippen LogP contribution in [0.15, 0.2) is 35.7 Å². The maximum absolute atomic E-state index is 5.63. The minimum atomic E-state index is 0.634. The number of rotatable bonds is 9. The molecule has 0 saturated carbocycles. The van der Waals surface area contributed by atoms with Crippen LogP contribution in [0.5, 0.6) is 0 Å². The van der Waals surface area contributed by atoms with Crippen molar-refractivity contribution < 1.29 is 4.74 Å². The zero-order valence-electron chi connectivity index (χ0n) is 12.0. The molecule has 0 saturated heterocycles. The molecule has 0 unspecified atom stereocenters. The van der Waals surface area contributed by atoms with Gasteiger partial charge in [-0.3, -0.25) is 0 Å². The predicted octanol–water partition coefficient (Wildman–Crippen LogP) is 3.40. The van der Waals surface area contributed by atoms with Crippen LogP contribution in [-0.4, -0.2) is 18.1 Å². The molecule has 2 rings (SSSR count). The van der Waals surface area contributed by atoms with Crippen LogP contribution in [0.4, 0.5) is 0 Å². The maximum atomic E-state index is 5.63. The molecule has 0 aliphatic carbocycles. The molecule has 4 heteroatoms. The zero-order chi connectivity index (χ0) is 14.0. The van der Waals surface area contributed by atoms with Crippen LogP contribution >= 0.6 is 11.3 Å². The van der Waals surface area contributed by atoms with E-state index in [-0.39, 0.29) is 0 Å². The first kappa shape index (κ1) is 15.2. The highest BCUT2D eigenvalue weighted by Crippen LogP contribution is 2.10. The van der Waals surface area contributed by atoms with Gasteiger partial charge in [0.1, 0.15) is 0 Å². The normalized spacial score (nSPS) is 10.8. The van der Waals surface area contributed by atoms with Crippen molar-refractivity contribution in [3.63, 3.8) is 0 Å². The SMILES string of the molecule is CCc1nc(COCCCNCc2ccccc2)cs1. The number of thiazole rings is 1. The summed E-state index contributed by atoms with van der Waals surface area (Å²) >= 11 is 1.72. The van der Waals surface area contributed by atoms with Crippen molar-refractivity contribution in [1.82, 2.24) is 10.3 Å². The van der Waals surface area contributed by atoms with E-state index >= 15 is 0 Å². The summed E-state index contributed by atoms with van der Waals surface area (Å²) in [5, 5.41) is 6.70. The van der Waals surface area contributed by atoms with Gasteiger partial charge in [0.05, 0.1) is 17.3 Å². The summed E-state index contributed by atoms with van der Waals surface area (Å²) < 4.78 is 5.63. The molecule has 1 heterocycles. The fourth-order valence-electron chi connectivity index (χ4n) is 1.88. The van der Waals surface area contributed by atoms with Gasteiger partial charge < -0.3 is 10.1 Å². The van der Waals surface area contributed by atoms with Gasteiger partial charge in [-0.15, -0.1) is 11.3 Å². The first-order chi connectivity index (χ1) is 9.88. The first-order valence-electron chi connectivity index (χ1n) is 7.14. The van der Waals surface area contributed by atoms with E-state index in [0.717, 1.165) is 38.2 Å². The molecule has 0 bridgehead atoms. The number of aryl methyl sites for hydroxylation is 1. The van der Waals surface area contributed by atoms with Crippen molar-refractivity contribution in [2.75, 3.05) is 13.2 Å². The van der Waals surface area contributed by atoms with E-state index in [1.807, 2.05) is 6.07 Å². The Labute approximate surface area is 125 Å². The quantitative estimate of drug-likeness (QED) is 0.719. The average molecular weight is 290 g/mol. The van der Waals surface area contributed by atoms with E-state index < -0.39 is 0 Å². The average Bonchev–Trinajstić information content (AvgIpc) is 2.95. The van der Waals surface area contributed by atoms with Crippen molar-refractivity contribution in [2.45, 2.75) is 32.9 Å². The molecule has 3 nitrogen and oxygen atoms in total. The van der Waals surface area contributed by atoms with Gasteiger partial charge in [0.2, 0.25) is 0 Å². The van der Waals surface area contributed by atoms with Gasteiger partial charge in [-0.1, -0.05) is 37.3 Å². The van der Waals surface area contributed by atoms with E-state index in [2.05, 4.69) is 46.9 Å². The Kier molecular flexibility index (Phi) is 6.71. The van der Waals surface area contributed by atoms with Crippen LogP contribution < -0.4 is 5.32 Å². The van der Waals surface area contributed by atoms with Crippen molar-refractivity contribution >= 4 is 11.3 Å². The fourth-order valence-corrected chi connectivity index (χ4v) is 2.61. The molecule has 0 radical (unpaired) electrons. The molecule has 0 amide bonds. The van der Waals surface area contributed by atoms with E-state index in [1.165, 1.54) is 10.6 Å². The summed E-state index contributed by atoms with van der Waals surface area (Å²) in [7, 11) is 0. The molecule has 108 valence electrons. The Morgan fingerprint density at radius 3 is 2.85 bits per heavy atom. The number of aromatic nitrogens is 1. The van der Waals surface area contributed by atoms with Crippen LogP contribution in [0.25, 0.3) is 0 Å². The van der Waals surface area contributed by atoms with Gasteiger partial charge in [0.25, 0.3) is 0 Å². The highest BCUT2D eigenvalue weighted by atomic mass is 32.1. The number of ether oxygens (including phenoxy) is 1. The lowest BCUT2D eigenvalue weighted by Gasteiger charge is -2.05. The van der Waals surface area contributed by atoms with Gasteiger partial charge in [-0.05, 0) is 24.9 Å². The minimum Gasteiger partial charge on any atom is -0.375 e. The number of hydrogen-bond acceptors (Lipinski definition) is 4. The van der Waals surface area contributed by atoms with E-state index in [4.69, 9.17) is 4.74 Å². The Morgan fingerprint density at radius 2 is 2.10 bits per heavy atom. The number of hydrogen-bond donors (Lipinski definition) is 1. The Hall–Kier alpha value is -1.23. The van der Waals surface area contributed by atoms with Gasteiger partial charge in [0.15, 0.2) is 0 Å². The highest BCUT2D eigenvalue weighted by molar-refractivity contribution is 7.09. The first-order valence-corrected chi connectivity index (χ1v) is 8.02. The molecule has 1 N–H and O–H groups in total. The fraction of sp³-hybridized carbons (Fsp3) is 0.438. The monoisotopic (exact) mass is 290 g/mol. The molecule has 0 atom stereocenters. The smallest absolute Gasteiger partial charge is 0.0926 e. The lowest BCUT2D eigenvalue weighted by atomic mass is 10.2. The molecule has 20 heavy (non-hydrogen) atoms. The van der Waals surface area contributed by atoms with Gasteiger partial charge in [-0.2, -0.15) is 0 Å². The molecule has 2 aromatic rings. The molecule has 1 aromatic heterocycles. The lowest BCUT2D eigenvalue weighted by Crippen LogP contribution is -2.16.